The molecule has 1 amide bonds. The van der Waals surface area contributed by atoms with Crippen LogP contribution in [0.5, 0.6) is 0 Å². The van der Waals surface area contributed by atoms with Crippen LogP contribution in [-0.4, -0.2) is 21.7 Å². The minimum atomic E-state index is -0.520. The number of carbonyl (C=O) groups excluding carboxylic acids is 1. The lowest BCUT2D eigenvalue weighted by atomic mass is 10.2. The first kappa shape index (κ1) is 13.3. The van der Waals surface area contributed by atoms with E-state index in [9.17, 15) is 4.79 Å². The highest BCUT2D eigenvalue weighted by Gasteiger charge is 2.20. The van der Waals surface area contributed by atoms with Crippen molar-refractivity contribution >= 4 is 21.8 Å². The van der Waals surface area contributed by atoms with Gasteiger partial charge >= 0.3 is 0 Å². The van der Waals surface area contributed by atoms with Crippen LogP contribution < -0.4 is 11.1 Å². The quantitative estimate of drug-likeness (QED) is 0.878. The van der Waals surface area contributed by atoms with E-state index in [0.29, 0.717) is 6.04 Å². The maximum atomic E-state index is 11.1. The fourth-order valence-corrected chi connectivity index (χ4v) is 2.47. The number of primary amides is 1. The highest BCUT2D eigenvalue weighted by molar-refractivity contribution is 9.10. The Morgan fingerprint density at radius 2 is 2.25 bits per heavy atom. The molecule has 0 radical (unpaired) electrons. The molecule has 1 aromatic carbocycles. The summed E-state index contributed by atoms with van der Waals surface area (Å²) in [5.74, 6) is -0.520. The van der Waals surface area contributed by atoms with Crippen molar-refractivity contribution in [1.82, 2.24) is 15.1 Å². The predicted octanol–water partition coefficient (Wildman–Crippen LogP) is 1.99. The Bertz CT molecular complexity index is 648. The summed E-state index contributed by atoms with van der Waals surface area (Å²) in [5.41, 5.74) is 7.56. The molecule has 0 saturated heterocycles. The SMILES string of the molecule is NC(=O)c1ccn(-c2ccc(CNC3CC3)c(Br)c2)n1. The maximum absolute atomic E-state index is 11.1. The summed E-state index contributed by atoms with van der Waals surface area (Å²) in [6, 6.07) is 8.32. The summed E-state index contributed by atoms with van der Waals surface area (Å²) in [4.78, 5) is 11.1. The monoisotopic (exact) mass is 334 g/mol. The van der Waals surface area contributed by atoms with Gasteiger partial charge in [0.2, 0.25) is 0 Å². The van der Waals surface area contributed by atoms with E-state index in [1.807, 2.05) is 12.1 Å². The van der Waals surface area contributed by atoms with Gasteiger partial charge < -0.3 is 11.1 Å². The number of hydrogen-bond acceptors (Lipinski definition) is 3. The van der Waals surface area contributed by atoms with Gasteiger partial charge in [0, 0.05) is 23.3 Å². The molecule has 6 heteroatoms. The number of amides is 1. The molecule has 0 aliphatic heterocycles. The molecule has 3 N–H and O–H groups in total. The summed E-state index contributed by atoms with van der Waals surface area (Å²) in [6.45, 7) is 0.858. The van der Waals surface area contributed by atoms with Crippen molar-refractivity contribution < 1.29 is 4.79 Å². The standard InChI is InChI=1S/C14H15BrN4O/c15-12-7-11(19-6-5-13(18-19)14(16)20)4-1-9(12)8-17-10-2-3-10/h1,4-7,10,17H,2-3,8H2,(H2,16,20). The number of hydrogen-bond donors (Lipinski definition) is 2. The Kier molecular flexibility index (Phi) is 3.58. The van der Waals surface area contributed by atoms with Gasteiger partial charge in [-0.3, -0.25) is 4.79 Å². The summed E-state index contributed by atoms with van der Waals surface area (Å²) < 4.78 is 2.67. The van der Waals surface area contributed by atoms with Crippen LogP contribution in [0.3, 0.4) is 0 Å². The highest BCUT2D eigenvalue weighted by Crippen LogP contribution is 2.23. The number of nitrogens with zero attached hydrogens (tertiary/aromatic N) is 2. The molecule has 0 bridgehead atoms. The summed E-state index contributed by atoms with van der Waals surface area (Å²) in [7, 11) is 0. The summed E-state index contributed by atoms with van der Waals surface area (Å²) in [6.07, 6.45) is 4.28. The number of carbonyl (C=O) groups is 1. The predicted molar refractivity (Wildman–Crippen MR) is 79.6 cm³/mol. The molecule has 104 valence electrons. The molecule has 1 aliphatic carbocycles. The molecule has 1 saturated carbocycles. The molecule has 0 spiro atoms. The van der Waals surface area contributed by atoms with E-state index in [-0.39, 0.29) is 5.69 Å². The van der Waals surface area contributed by atoms with Crippen LogP contribution in [0.2, 0.25) is 0 Å². The van der Waals surface area contributed by atoms with Gasteiger partial charge in [0.15, 0.2) is 0 Å². The van der Waals surface area contributed by atoms with Gasteiger partial charge in [-0.2, -0.15) is 5.10 Å². The summed E-state index contributed by atoms with van der Waals surface area (Å²) in [5, 5.41) is 7.62. The second kappa shape index (κ2) is 5.38. The van der Waals surface area contributed by atoms with Gasteiger partial charge in [-0.15, -0.1) is 0 Å². The molecule has 20 heavy (non-hydrogen) atoms. The van der Waals surface area contributed by atoms with Crippen LogP contribution in [0.25, 0.3) is 5.69 Å². The van der Waals surface area contributed by atoms with Crippen molar-refractivity contribution in [2.75, 3.05) is 0 Å². The first-order valence-corrected chi connectivity index (χ1v) is 7.30. The van der Waals surface area contributed by atoms with Gasteiger partial charge in [-0.25, -0.2) is 4.68 Å². The number of benzene rings is 1. The Hall–Kier alpha value is -1.66. The second-order valence-corrected chi connectivity index (χ2v) is 5.80. The smallest absolute Gasteiger partial charge is 0.269 e. The Morgan fingerprint density at radius 1 is 1.45 bits per heavy atom. The van der Waals surface area contributed by atoms with E-state index in [1.54, 1.807) is 16.9 Å². The lowest BCUT2D eigenvalue weighted by Crippen LogP contribution is -2.15. The van der Waals surface area contributed by atoms with Gasteiger partial charge in [0.1, 0.15) is 5.69 Å². The Labute approximate surface area is 125 Å². The van der Waals surface area contributed by atoms with Crippen LogP contribution in [0, 0.1) is 0 Å². The average molecular weight is 335 g/mol. The number of nitrogens with one attached hydrogen (secondary N) is 1. The molecule has 3 rings (SSSR count). The minimum absolute atomic E-state index is 0.264. The van der Waals surface area contributed by atoms with Crippen molar-refractivity contribution in [3.8, 4) is 5.69 Å². The molecule has 1 aliphatic rings. The fraction of sp³-hybridized carbons (Fsp3) is 0.286. The van der Waals surface area contributed by atoms with E-state index in [0.717, 1.165) is 16.7 Å². The van der Waals surface area contributed by atoms with Crippen molar-refractivity contribution in [3.63, 3.8) is 0 Å². The van der Waals surface area contributed by atoms with Crippen LogP contribution in [0.1, 0.15) is 28.9 Å². The Balaban J connectivity index is 1.79. The molecule has 0 atom stereocenters. The van der Waals surface area contributed by atoms with E-state index < -0.39 is 5.91 Å². The second-order valence-electron chi connectivity index (χ2n) is 4.94. The minimum Gasteiger partial charge on any atom is -0.364 e. The largest absolute Gasteiger partial charge is 0.364 e. The molecule has 1 fully saturated rings. The average Bonchev–Trinajstić information content (AvgIpc) is 3.11. The third kappa shape index (κ3) is 2.91. The zero-order valence-corrected chi connectivity index (χ0v) is 12.4. The molecule has 0 unspecified atom stereocenters. The van der Waals surface area contributed by atoms with Gasteiger partial charge in [-0.05, 0) is 36.6 Å². The topological polar surface area (TPSA) is 72.9 Å². The lowest BCUT2D eigenvalue weighted by Gasteiger charge is -2.08. The van der Waals surface area contributed by atoms with Crippen LogP contribution >= 0.6 is 15.9 Å². The summed E-state index contributed by atoms with van der Waals surface area (Å²) >= 11 is 3.58. The van der Waals surface area contributed by atoms with E-state index >= 15 is 0 Å². The molecular formula is C14H15BrN4O. The van der Waals surface area contributed by atoms with E-state index in [2.05, 4.69) is 32.4 Å². The first-order chi connectivity index (χ1) is 9.63. The van der Waals surface area contributed by atoms with Gasteiger partial charge in [-0.1, -0.05) is 22.0 Å². The van der Waals surface area contributed by atoms with E-state index in [4.69, 9.17) is 5.73 Å². The highest BCUT2D eigenvalue weighted by atomic mass is 79.9. The van der Waals surface area contributed by atoms with Gasteiger partial charge in [0.05, 0.1) is 5.69 Å². The molecule has 1 heterocycles. The van der Waals surface area contributed by atoms with Crippen LogP contribution in [-0.2, 0) is 6.54 Å². The fourth-order valence-electron chi connectivity index (χ4n) is 1.96. The molecule has 2 aromatic rings. The van der Waals surface area contributed by atoms with Crippen LogP contribution in [0.4, 0.5) is 0 Å². The maximum Gasteiger partial charge on any atom is 0.269 e. The zero-order valence-electron chi connectivity index (χ0n) is 10.8. The van der Waals surface area contributed by atoms with E-state index in [1.165, 1.54) is 18.4 Å². The third-order valence-corrected chi connectivity index (χ3v) is 4.04. The van der Waals surface area contributed by atoms with Crippen molar-refractivity contribution in [1.29, 1.82) is 0 Å². The normalized spacial score (nSPS) is 14.4. The third-order valence-electron chi connectivity index (χ3n) is 3.30. The van der Waals surface area contributed by atoms with Crippen molar-refractivity contribution in [3.05, 3.63) is 46.2 Å². The molecule has 1 aromatic heterocycles. The number of rotatable bonds is 5. The van der Waals surface area contributed by atoms with Crippen LogP contribution in [0.15, 0.2) is 34.9 Å². The zero-order chi connectivity index (χ0) is 14.1. The number of nitrogens with two attached hydrogens (primary N) is 1. The number of aromatic nitrogens is 2. The lowest BCUT2D eigenvalue weighted by molar-refractivity contribution is 0.0995. The molecule has 5 nitrogen and oxygen atoms in total. The van der Waals surface area contributed by atoms with Crippen molar-refractivity contribution in [2.45, 2.75) is 25.4 Å². The van der Waals surface area contributed by atoms with Crippen molar-refractivity contribution in [2.24, 2.45) is 5.73 Å². The number of halogens is 1. The Morgan fingerprint density at radius 3 is 2.85 bits per heavy atom. The first-order valence-electron chi connectivity index (χ1n) is 6.51. The molecular weight excluding hydrogens is 320 g/mol. The van der Waals surface area contributed by atoms with Gasteiger partial charge in [0.25, 0.3) is 5.91 Å².